The van der Waals surface area contributed by atoms with E-state index in [2.05, 4.69) is 22.0 Å². The Kier molecular flexibility index (Phi) is 7.45. The molecule has 0 bridgehead atoms. The number of nitrogens with zero attached hydrogens (tertiary/aromatic N) is 2. The van der Waals surface area contributed by atoms with Gasteiger partial charge in [0.05, 0.1) is 10.4 Å². The van der Waals surface area contributed by atoms with Crippen molar-refractivity contribution in [2.24, 2.45) is 0 Å². The van der Waals surface area contributed by atoms with Crippen molar-refractivity contribution in [1.29, 1.82) is 0 Å². The summed E-state index contributed by atoms with van der Waals surface area (Å²) in [5.41, 5.74) is 0.607. The number of benzene rings is 3. The molecule has 0 spiro atoms. The minimum absolute atomic E-state index is 0. The number of halogens is 1. The van der Waals surface area contributed by atoms with Crippen LogP contribution in [0.15, 0.2) is 70.6 Å². The van der Waals surface area contributed by atoms with Gasteiger partial charge in [0.2, 0.25) is 9.84 Å². The Labute approximate surface area is 206 Å². The number of H-pyrrole nitrogens is 1. The van der Waals surface area contributed by atoms with Gasteiger partial charge in [0, 0.05) is 23.9 Å². The molecule has 1 aliphatic heterocycles. The topological polar surface area (TPSA) is 75.3 Å². The van der Waals surface area contributed by atoms with Crippen molar-refractivity contribution in [3.05, 3.63) is 60.7 Å². The summed E-state index contributed by atoms with van der Waals surface area (Å²) in [6.07, 6.45) is 4.55. The molecule has 8 heteroatoms. The molecular formula is C26H30ClN3O3S. The third-order valence-corrected chi connectivity index (χ3v) is 8.25. The zero-order chi connectivity index (χ0) is 22.8. The predicted octanol–water partition coefficient (Wildman–Crippen LogP) is 5.61. The molecule has 0 amide bonds. The van der Waals surface area contributed by atoms with Crippen LogP contribution in [0.4, 0.5) is 0 Å². The van der Waals surface area contributed by atoms with Gasteiger partial charge in [-0.15, -0.1) is 12.4 Å². The zero-order valence-corrected chi connectivity index (χ0v) is 20.9. The Bertz CT molecular complexity index is 1370. The quantitative estimate of drug-likeness (QED) is 0.357. The van der Waals surface area contributed by atoms with Crippen molar-refractivity contribution in [3.63, 3.8) is 0 Å². The van der Waals surface area contributed by atoms with E-state index < -0.39 is 9.84 Å². The maximum absolute atomic E-state index is 13.6. The maximum atomic E-state index is 13.6. The number of hydrogen-bond acceptors (Lipinski definition) is 5. The number of likely N-dealkylation sites (tertiary alicyclic amines) is 1. The third kappa shape index (κ3) is 4.78. The number of nitrogens with one attached hydrogen (secondary N) is 1. The number of ether oxygens (including phenoxy) is 1. The molecule has 2 heterocycles. The number of hydrogen-bond donors (Lipinski definition) is 1. The summed E-state index contributed by atoms with van der Waals surface area (Å²) < 4.78 is 33.5. The first kappa shape index (κ1) is 24.5. The molecule has 0 radical (unpaired) electrons. The Morgan fingerprint density at radius 2 is 1.79 bits per heavy atom. The molecule has 0 saturated carbocycles. The summed E-state index contributed by atoms with van der Waals surface area (Å²) in [5, 5.41) is 9.27. The van der Waals surface area contributed by atoms with E-state index in [1.807, 2.05) is 42.5 Å². The van der Waals surface area contributed by atoms with Crippen LogP contribution in [-0.2, 0) is 9.84 Å². The van der Waals surface area contributed by atoms with Gasteiger partial charge in [-0.1, -0.05) is 49.7 Å². The highest BCUT2D eigenvalue weighted by Crippen LogP contribution is 2.33. The van der Waals surface area contributed by atoms with Crippen LogP contribution in [0.5, 0.6) is 5.75 Å². The molecule has 5 rings (SSSR count). The number of rotatable bonds is 7. The first-order chi connectivity index (χ1) is 16.1. The molecule has 0 aliphatic carbocycles. The van der Waals surface area contributed by atoms with Crippen LogP contribution in [0.3, 0.4) is 0 Å². The van der Waals surface area contributed by atoms with Gasteiger partial charge >= 0.3 is 0 Å². The van der Waals surface area contributed by atoms with Gasteiger partial charge in [0.1, 0.15) is 11.9 Å². The predicted molar refractivity (Wildman–Crippen MR) is 138 cm³/mol. The highest BCUT2D eigenvalue weighted by molar-refractivity contribution is 7.91. The Balaban J connectivity index is 0.00000274. The van der Waals surface area contributed by atoms with E-state index in [4.69, 9.17) is 4.74 Å². The molecule has 34 heavy (non-hydrogen) atoms. The summed E-state index contributed by atoms with van der Waals surface area (Å²) >= 11 is 0. The van der Waals surface area contributed by atoms with E-state index in [0.717, 1.165) is 37.9 Å². The molecular weight excluding hydrogens is 470 g/mol. The van der Waals surface area contributed by atoms with Crippen molar-refractivity contribution in [3.8, 4) is 5.75 Å². The lowest BCUT2D eigenvalue weighted by molar-refractivity contribution is 0.0999. The monoisotopic (exact) mass is 499 g/mol. The number of aromatic amines is 1. The van der Waals surface area contributed by atoms with Crippen LogP contribution in [0, 0.1) is 0 Å². The largest absolute Gasteiger partial charge is 0.490 e. The van der Waals surface area contributed by atoms with E-state index in [-0.39, 0.29) is 28.4 Å². The second-order valence-electron chi connectivity index (χ2n) is 8.72. The number of fused-ring (bicyclic) bond motifs is 2. The Morgan fingerprint density at radius 3 is 2.59 bits per heavy atom. The minimum Gasteiger partial charge on any atom is -0.490 e. The number of piperidine rings is 1. The molecule has 1 fully saturated rings. The van der Waals surface area contributed by atoms with Crippen LogP contribution >= 0.6 is 12.4 Å². The van der Waals surface area contributed by atoms with Crippen LogP contribution in [0.2, 0.25) is 0 Å². The van der Waals surface area contributed by atoms with Crippen molar-refractivity contribution in [2.75, 3.05) is 19.6 Å². The maximum Gasteiger partial charge on any atom is 0.224 e. The molecule has 0 unspecified atom stereocenters. The molecule has 3 aromatic carbocycles. The SMILES string of the molecule is CCCCN1CCC(Oc2ccc3n[nH]c(S(=O)(=O)c4cccc5ccccc45)c3c2)CC1.Cl. The lowest BCUT2D eigenvalue weighted by Crippen LogP contribution is -2.38. The fourth-order valence-electron chi connectivity index (χ4n) is 4.61. The lowest BCUT2D eigenvalue weighted by Gasteiger charge is -2.32. The molecule has 6 nitrogen and oxygen atoms in total. The minimum atomic E-state index is -3.80. The van der Waals surface area contributed by atoms with Gasteiger partial charge < -0.3 is 9.64 Å². The highest BCUT2D eigenvalue weighted by atomic mass is 35.5. The second-order valence-corrected chi connectivity index (χ2v) is 10.6. The van der Waals surface area contributed by atoms with Crippen LogP contribution in [0.1, 0.15) is 32.6 Å². The summed E-state index contributed by atoms with van der Waals surface area (Å²) in [6, 6.07) is 18.3. The van der Waals surface area contributed by atoms with Crippen molar-refractivity contribution in [1.82, 2.24) is 15.1 Å². The van der Waals surface area contributed by atoms with Crippen LogP contribution in [-0.4, -0.2) is 49.3 Å². The normalized spacial score (nSPS) is 15.4. The van der Waals surface area contributed by atoms with Gasteiger partial charge in [0.25, 0.3) is 0 Å². The molecule has 1 aromatic heterocycles. The molecule has 4 aromatic rings. The zero-order valence-electron chi connectivity index (χ0n) is 19.2. The first-order valence-electron chi connectivity index (χ1n) is 11.7. The summed E-state index contributed by atoms with van der Waals surface area (Å²) in [4.78, 5) is 2.77. The fraction of sp³-hybridized carbons (Fsp3) is 0.346. The van der Waals surface area contributed by atoms with E-state index in [0.29, 0.717) is 22.0 Å². The average molecular weight is 500 g/mol. The van der Waals surface area contributed by atoms with Crippen molar-refractivity contribution < 1.29 is 13.2 Å². The fourth-order valence-corrected chi connectivity index (χ4v) is 6.18. The molecule has 1 N–H and O–H groups in total. The van der Waals surface area contributed by atoms with Crippen molar-refractivity contribution in [2.45, 2.75) is 48.6 Å². The standard InChI is InChI=1S/C26H29N3O3S.ClH/c1-2-3-15-29-16-13-20(14-17-29)32-21-11-12-24-23(18-21)26(28-27-24)33(30,31)25-10-6-8-19-7-4-5-9-22(19)25;/h4-12,18,20H,2-3,13-17H2,1H3,(H,27,28);1H. The summed E-state index contributed by atoms with van der Waals surface area (Å²) in [5.74, 6) is 0.685. The van der Waals surface area contributed by atoms with E-state index in [1.54, 1.807) is 18.2 Å². The van der Waals surface area contributed by atoms with E-state index >= 15 is 0 Å². The van der Waals surface area contributed by atoms with Crippen LogP contribution in [0.25, 0.3) is 21.7 Å². The molecule has 180 valence electrons. The van der Waals surface area contributed by atoms with Crippen molar-refractivity contribution >= 4 is 43.9 Å². The van der Waals surface area contributed by atoms with Gasteiger partial charge in [-0.2, -0.15) is 5.10 Å². The summed E-state index contributed by atoms with van der Waals surface area (Å²) in [7, 11) is -3.80. The summed E-state index contributed by atoms with van der Waals surface area (Å²) in [6.45, 7) is 5.45. The molecule has 1 aliphatic rings. The van der Waals surface area contributed by atoms with E-state index in [9.17, 15) is 8.42 Å². The number of unbranched alkanes of at least 4 members (excludes halogenated alkanes) is 1. The van der Waals surface area contributed by atoms with Gasteiger partial charge in [-0.25, -0.2) is 8.42 Å². The molecule has 0 atom stereocenters. The Morgan fingerprint density at radius 1 is 1.03 bits per heavy atom. The number of sulfone groups is 1. The van der Waals surface area contributed by atoms with Gasteiger partial charge in [0.15, 0.2) is 5.03 Å². The molecule has 1 saturated heterocycles. The highest BCUT2D eigenvalue weighted by Gasteiger charge is 2.26. The first-order valence-corrected chi connectivity index (χ1v) is 13.1. The Hall–Kier alpha value is -2.61. The third-order valence-electron chi connectivity index (χ3n) is 6.46. The average Bonchev–Trinajstić information content (AvgIpc) is 3.27. The van der Waals surface area contributed by atoms with Gasteiger partial charge in [-0.05, 0) is 55.5 Å². The van der Waals surface area contributed by atoms with Gasteiger partial charge in [-0.3, -0.25) is 5.10 Å². The lowest BCUT2D eigenvalue weighted by atomic mass is 10.1. The van der Waals surface area contributed by atoms with E-state index in [1.165, 1.54) is 12.8 Å². The smallest absolute Gasteiger partial charge is 0.224 e. The second kappa shape index (κ2) is 10.3. The number of aromatic nitrogens is 2. The van der Waals surface area contributed by atoms with Crippen LogP contribution < -0.4 is 4.74 Å².